The average molecular weight is 399 g/mol. The van der Waals surface area contributed by atoms with Crippen molar-refractivity contribution in [2.24, 2.45) is 0 Å². The molecule has 5 rings (SSSR count). The zero-order valence-corrected chi connectivity index (χ0v) is 17.1. The van der Waals surface area contributed by atoms with Gasteiger partial charge in [-0.05, 0) is 26.0 Å². The number of likely N-dealkylation sites (tertiary alicyclic amines) is 1. The minimum atomic E-state index is -0.499. The Balaban J connectivity index is 1.31. The van der Waals surface area contributed by atoms with Crippen LogP contribution in [0.3, 0.4) is 0 Å². The maximum absolute atomic E-state index is 13.1. The van der Waals surface area contributed by atoms with E-state index >= 15 is 0 Å². The third kappa shape index (κ3) is 3.53. The number of nitrogens with zero attached hydrogens (tertiary/aromatic N) is 6. The van der Waals surface area contributed by atoms with Crippen molar-refractivity contribution in [1.82, 2.24) is 29.2 Å². The molecule has 156 valence electrons. The topological polar surface area (TPSA) is 77.7 Å². The van der Waals surface area contributed by atoms with Crippen molar-refractivity contribution >= 4 is 17.1 Å². The standard InChI is InChI=1S/C21H30N6O2/c1-24-6-8-25(9-7-24)18-12-26(13-19(18)28)21(29)15-10-17-20(22-11-15)27(14-23-17)16-4-2-3-5-16/h10-11,14,16,18-19,28H,2-9,12-13H2,1H3/t18-,19-/m0/s1. The molecule has 1 saturated carbocycles. The van der Waals surface area contributed by atoms with Gasteiger partial charge >= 0.3 is 0 Å². The quantitative estimate of drug-likeness (QED) is 0.831. The first-order valence-corrected chi connectivity index (χ1v) is 10.8. The van der Waals surface area contributed by atoms with E-state index in [1.807, 2.05) is 12.4 Å². The molecule has 2 aromatic rings. The molecule has 2 atom stereocenters. The highest BCUT2D eigenvalue weighted by Crippen LogP contribution is 2.31. The zero-order chi connectivity index (χ0) is 20.0. The first-order chi connectivity index (χ1) is 14.1. The van der Waals surface area contributed by atoms with Crippen LogP contribution in [0, 0.1) is 0 Å². The molecule has 2 aromatic heterocycles. The Bertz CT molecular complexity index is 884. The number of hydrogen-bond donors (Lipinski definition) is 1. The number of aliphatic hydroxyl groups is 1. The van der Waals surface area contributed by atoms with Gasteiger partial charge in [0.25, 0.3) is 5.91 Å². The molecule has 8 heteroatoms. The Labute approximate surface area is 171 Å². The van der Waals surface area contributed by atoms with Gasteiger partial charge < -0.3 is 19.5 Å². The number of imidazole rings is 1. The zero-order valence-electron chi connectivity index (χ0n) is 17.1. The first kappa shape index (κ1) is 19.0. The highest BCUT2D eigenvalue weighted by Gasteiger charge is 2.38. The summed E-state index contributed by atoms with van der Waals surface area (Å²) >= 11 is 0. The van der Waals surface area contributed by atoms with Crippen molar-refractivity contribution in [3.05, 3.63) is 24.2 Å². The highest BCUT2D eigenvalue weighted by atomic mass is 16.3. The molecule has 8 nitrogen and oxygen atoms in total. The minimum absolute atomic E-state index is 0.0194. The van der Waals surface area contributed by atoms with Gasteiger partial charge in [-0.1, -0.05) is 12.8 Å². The van der Waals surface area contributed by atoms with Gasteiger partial charge in [0, 0.05) is 51.5 Å². The first-order valence-electron chi connectivity index (χ1n) is 10.8. The summed E-state index contributed by atoms with van der Waals surface area (Å²) in [4.78, 5) is 28.6. The van der Waals surface area contributed by atoms with Gasteiger partial charge in [-0.2, -0.15) is 0 Å². The summed E-state index contributed by atoms with van der Waals surface area (Å²) in [5.74, 6) is -0.0644. The van der Waals surface area contributed by atoms with Crippen LogP contribution in [0.1, 0.15) is 42.1 Å². The normalized spacial score (nSPS) is 27.3. The van der Waals surface area contributed by atoms with E-state index in [-0.39, 0.29) is 11.9 Å². The summed E-state index contributed by atoms with van der Waals surface area (Å²) in [6, 6.07) is 2.35. The number of aromatic nitrogens is 3. The van der Waals surface area contributed by atoms with Crippen molar-refractivity contribution in [3.8, 4) is 0 Å². The van der Waals surface area contributed by atoms with Crippen LogP contribution in [-0.2, 0) is 0 Å². The van der Waals surface area contributed by atoms with E-state index < -0.39 is 6.10 Å². The monoisotopic (exact) mass is 398 g/mol. The van der Waals surface area contributed by atoms with Crippen LogP contribution in [0.5, 0.6) is 0 Å². The van der Waals surface area contributed by atoms with Crippen LogP contribution in [0.2, 0.25) is 0 Å². The number of rotatable bonds is 3. The lowest BCUT2D eigenvalue weighted by Crippen LogP contribution is -2.52. The second kappa shape index (κ2) is 7.66. The molecule has 1 N–H and O–H groups in total. The molecule has 1 amide bonds. The fourth-order valence-electron chi connectivity index (χ4n) is 5.12. The van der Waals surface area contributed by atoms with E-state index in [1.165, 1.54) is 25.7 Å². The van der Waals surface area contributed by atoms with Crippen molar-refractivity contribution in [1.29, 1.82) is 0 Å². The minimum Gasteiger partial charge on any atom is -0.390 e. The Morgan fingerprint density at radius 2 is 1.86 bits per heavy atom. The van der Waals surface area contributed by atoms with E-state index in [0.29, 0.717) is 24.7 Å². The van der Waals surface area contributed by atoms with Gasteiger partial charge in [0.15, 0.2) is 5.65 Å². The lowest BCUT2D eigenvalue weighted by atomic mass is 10.1. The lowest BCUT2D eigenvalue weighted by Gasteiger charge is -2.37. The summed E-state index contributed by atoms with van der Waals surface area (Å²) in [5.41, 5.74) is 2.20. The van der Waals surface area contributed by atoms with Crippen LogP contribution >= 0.6 is 0 Å². The maximum atomic E-state index is 13.1. The smallest absolute Gasteiger partial charge is 0.255 e. The van der Waals surface area contributed by atoms with Gasteiger partial charge in [-0.3, -0.25) is 9.69 Å². The molecule has 3 aliphatic rings. The molecular weight excluding hydrogens is 368 g/mol. The summed E-state index contributed by atoms with van der Waals surface area (Å²) in [5, 5.41) is 10.6. The predicted octanol–water partition coefficient (Wildman–Crippen LogP) is 0.979. The fraction of sp³-hybridized carbons (Fsp3) is 0.667. The molecule has 0 unspecified atom stereocenters. The Kier molecular flexibility index (Phi) is 5.01. The molecule has 29 heavy (non-hydrogen) atoms. The fourth-order valence-corrected chi connectivity index (χ4v) is 5.12. The lowest BCUT2D eigenvalue weighted by molar-refractivity contribution is 0.0512. The molecule has 0 bridgehead atoms. The Morgan fingerprint density at radius 3 is 2.62 bits per heavy atom. The second-order valence-electron chi connectivity index (χ2n) is 8.84. The SMILES string of the molecule is CN1CCN([C@H]2CN(C(=O)c3cnc4c(c3)ncn4C3CCCC3)C[C@@H]2O)CC1. The van der Waals surface area contributed by atoms with E-state index in [9.17, 15) is 9.90 Å². The largest absolute Gasteiger partial charge is 0.390 e. The number of amides is 1. The summed E-state index contributed by atoms with van der Waals surface area (Å²) < 4.78 is 2.17. The third-order valence-corrected chi connectivity index (χ3v) is 6.93. The Hall–Kier alpha value is -2.03. The number of carbonyl (C=O) groups is 1. The molecule has 3 fully saturated rings. The molecule has 0 spiro atoms. The number of fused-ring (bicyclic) bond motifs is 1. The highest BCUT2D eigenvalue weighted by molar-refractivity contribution is 5.96. The average Bonchev–Trinajstić information content (AvgIpc) is 3.47. The van der Waals surface area contributed by atoms with Crippen LogP contribution in [0.15, 0.2) is 18.6 Å². The van der Waals surface area contributed by atoms with Gasteiger partial charge in [0.1, 0.15) is 5.52 Å². The number of carbonyl (C=O) groups excluding carboxylic acids is 1. The molecule has 2 saturated heterocycles. The predicted molar refractivity (Wildman–Crippen MR) is 110 cm³/mol. The molecule has 4 heterocycles. The van der Waals surface area contributed by atoms with Crippen LogP contribution in [0.4, 0.5) is 0 Å². The Morgan fingerprint density at radius 1 is 1.10 bits per heavy atom. The van der Waals surface area contributed by atoms with Crippen molar-refractivity contribution < 1.29 is 9.90 Å². The van der Waals surface area contributed by atoms with Crippen molar-refractivity contribution in [2.75, 3.05) is 46.3 Å². The number of hydrogen-bond acceptors (Lipinski definition) is 6. The maximum Gasteiger partial charge on any atom is 0.255 e. The van der Waals surface area contributed by atoms with Crippen LogP contribution < -0.4 is 0 Å². The van der Waals surface area contributed by atoms with Gasteiger partial charge in [0.05, 0.1) is 24.0 Å². The van der Waals surface area contributed by atoms with Crippen LogP contribution in [0.25, 0.3) is 11.2 Å². The van der Waals surface area contributed by atoms with E-state index in [4.69, 9.17) is 0 Å². The van der Waals surface area contributed by atoms with Gasteiger partial charge in [0.2, 0.25) is 0 Å². The summed E-state index contributed by atoms with van der Waals surface area (Å²) in [6.45, 7) is 4.82. The molecule has 0 aromatic carbocycles. The number of piperazine rings is 1. The summed E-state index contributed by atoms with van der Waals surface area (Å²) in [6.07, 6.45) is 7.90. The molecule has 2 aliphatic heterocycles. The summed E-state index contributed by atoms with van der Waals surface area (Å²) in [7, 11) is 2.12. The molecule has 0 radical (unpaired) electrons. The number of β-amino-alcohol motifs (C(OH)–C–C–N with tert-alkyl or cyclic N) is 1. The van der Waals surface area contributed by atoms with Crippen molar-refractivity contribution in [3.63, 3.8) is 0 Å². The van der Waals surface area contributed by atoms with Crippen LogP contribution in [-0.4, -0.2) is 98.7 Å². The number of pyridine rings is 1. The molecular formula is C21H30N6O2. The van der Waals surface area contributed by atoms with E-state index in [2.05, 4.69) is 31.4 Å². The molecule has 1 aliphatic carbocycles. The van der Waals surface area contributed by atoms with Gasteiger partial charge in [-0.25, -0.2) is 9.97 Å². The van der Waals surface area contributed by atoms with E-state index in [0.717, 1.165) is 37.3 Å². The van der Waals surface area contributed by atoms with Crippen molar-refractivity contribution in [2.45, 2.75) is 43.9 Å². The van der Waals surface area contributed by atoms with E-state index in [1.54, 1.807) is 11.1 Å². The second-order valence-corrected chi connectivity index (χ2v) is 8.84. The third-order valence-electron chi connectivity index (χ3n) is 6.93. The number of likely N-dealkylation sites (N-methyl/N-ethyl adjacent to an activating group) is 1. The number of aliphatic hydroxyl groups excluding tert-OH is 1. The van der Waals surface area contributed by atoms with Gasteiger partial charge in [-0.15, -0.1) is 0 Å².